The van der Waals surface area contributed by atoms with Crippen LogP contribution >= 0.6 is 0 Å². The zero-order chi connectivity index (χ0) is 9.92. The van der Waals surface area contributed by atoms with Crippen LogP contribution in [0.15, 0.2) is 12.2 Å². The van der Waals surface area contributed by atoms with Gasteiger partial charge in [0, 0.05) is 0 Å². The minimum Gasteiger partial charge on any atom is -0.481 e. The largest absolute Gasteiger partial charge is 0.481 e. The highest BCUT2D eigenvalue weighted by atomic mass is 16.5. The van der Waals surface area contributed by atoms with Crippen molar-refractivity contribution in [2.45, 2.75) is 11.7 Å². The third-order valence-corrected chi connectivity index (χ3v) is 3.27. The van der Waals surface area contributed by atoms with E-state index in [0.717, 1.165) is 0 Å². The van der Waals surface area contributed by atoms with Crippen LogP contribution in [0.3, 0.4) is 0 Å². The van der Waals surface area contributed by atoms with Gasteiger partial charge in [0.05, 0.1) is 18.6 Å². The second kappa shape index (κ2) is 2.17. The molecule has 3 aliphatic rings. The van der Waals surface area contributed by atoms with Gasteiger partial charge in [-0.15, -0.1) is 0 Å². The van der Waals surface area contributed by atoms with Crippen LogP contribution in [-0.4, -0.2) is 35.2 Å². The van der Waals surface area contributed by atoms with Gasteiger partial charge in [0.25, 0.3) is 0 Å². The molecule has 3 aliphatic heterocycles. The number of amides is 1. The molecule has 74 valence electrons. The van der Waals surface area contributed by atoms with Crippen LogP contribution in [-0.2, 0) is 14.3 Å². The van der Waals surface area contributed by atoms with E-state index in [1.54, 1.807) is 6.08 Å². The molecule has 1 amide bonds. The number of ether oxygens (including phenoxy) is 1. The maximum absolute atomic E-state index is 11.5. The van der Waals surface area contributed by atoms with Crippen molar-refractivity contribution < 1.29 is 19.4 Å². The average molecular weight is 195 g/mol. The molecule has 0 aromatic heterocycles. The first-order valence-corrected chi connectivity index (χ1v) is 4.52. The lowest BCUT2D eigenvalue weighted by Crippen LogP contribution is -2.38. The van der Waals surface area contributed by atoms with Crippen LogP contribution in [0.2, 0.25) is 0 Å². The summed E-state index contributed by atoms with van der Waals surface area (Å²) >= 11 is 0. The summed E-state index contributed by atoms with van der Waals surface area (Å²) in [6.45, 7) is 0.396. The lowest BCUT2D eigenvalue weighted by atomic mass is 9.77. The van der Waals surface area contributed by atoms with Crippen LogP contribution in [0.4, 0.5) is 0 Å². The summed E-state index contributed by atoms with van der Waals surface area (Å²) in [7, 11) is 0. The molecular formula is C9H9NO4. The number of aliphatic carboxylic acids is 1. The second-order valence-electron chi connectivity index (χ2n) is 3.96. The first kappa shape index (κ1) is 7.99. The summed E-state index contributed by atoms with van der Waals surface area (Å²) < 4.78 is 5.55. The SMILES string of the molecule is O=C(O)[C@H]1[C@H]2C(=O)NC[C@@]23C=C[C@H]1O3. The molecule has 2 fully saturated rings. The van der Waals surface area contributed by atoms with Crippen molar-refractivity contribution in [1.29, 1.82) is 0 Å². The Morgan fingerprint density at radius 1 is 1.71 bits per heavy atom. The average Bonchev–Trinajstić information content (AvgIpc) is 2.75. The molecule has 5 nitrogen and oxygen atoms in total. The quantitative estimate of drug-likeness (QED) is 0.534. The Hall–Kier alpha value is -1.36. The van der Waals surface area contributed by atoms with Crippen LogP contribution < -0.4 is 5.32 Å². The number of carboxylic acid groups (broad SMARTS) is 1. The molecule has 1 spiro atoms. The number of carbonyl (C=O) groups excluding carboxylic acids is 1. The smallest absolute Gasteiger partial charge is 0.310 e. The molecule has 0 aliphatic carbocycles. The molecule has 3 heterocycles. The second-order valence-corrected chi connectivity index (χ2v) is 3.96. The Kier molecular flexibility index (Phi) is 1.24. The summed E-state index contributed by atoms with van der Waals surface area (Å²) in [6.07, 6.45) is 3.14. The first-order chi connectivity index (χ1) is 6.64. The number of hydrogen-bond donors (Lipinski definition) is 2. The van der Waals surface area contributed by atoms with Crippen molar-refractivity contribution in [3.8, 4) is 0 Å². The Morgan fingerprint density at radius 3 is 3.21 bits per heavy atom. The Morgan fingerprint density at radius 2 is 2.50 bits per heavy atom. The predicted molar refractivity (Wildman–Crippen MR) is 44.4 cm³/mol. The van der Waals surface area contributed by atoms with E-state index in [-0.39, 0.29) is 5.91 Å². The normalized spacial score (nSPS) is 48.0. The van der Waals surface area contributed by atoms with Gasteiger partial charge in [0.1, 0.15) is 11.5 Å². The highest BCUT2D eigenvalue weighted by Crippen LogP contribution is 2.49. The van der Waals surface area contributed by atoms with E-state index < -0.39 is 29.5 Å². The van der Waals surface area contributed by atoms with Crippen LogP contribution in [0.25, 0.3) is 0 Å². The summed E-state index contributed by atoms with van der Waals surface area (Å²) in [4.78, 5) is 22.4. The molecule has 0 radical (unpaired) electrons. The van der Waals surface area contributed by atoms with Crippen LogP contribution in [0, 0.1) is 11.8 Å². The molecule has 2 bridgehead atoms. The van der Waals surface area contributed by atoms with Crippen LogP contribution in [0.1, 0.15) is 0 Å². The number of carbonyl (C=O) groups is 2. The number of fused-ring (bicyclic) bond motifs is 1. The fraction of sp³-hybridized carbons (Fsp3) is 0.556. The summed E-state index contributed by atoms with van der Waals surface area (Å²) in [6, 6.07) is 0. The van der Waals surface area contributed by atoms with E-state index >= 15 is 0 Å². The van der Waals surface area contributed by atoms with E-state index in [4.69, 9.17) is 9.84 Å². The summed E-state index contributed by atoms with van der Waals surface area (Å²) in [5, 5.41) is 11.6. The fourth-order valence-electron chi connectivity index (χ4n) is 2.67. The molecule has 0 aromatic carbocycles. The highest BCUT2D eigenvalue weighted by molar-refractivity contribution is 5.90. The highest BCUT2D eigenvalue weighted by Gasteiger charge is 2.64. The van der Waals surface area contributed by atoms with Crippen molar-refractivity contribution in [1.82, 2.24) is 5.32 Å². The zero-order valence-corrected chi connectivity index (χ0v) is 7.27. The number of hydrogen-bond acceptors (Lipinski definition) is 3. The van der Waals surface area contributed by atoms with Gasteiger partial charge in [0.2, 0.25) is 5.91 Å². The Labute approximate surface area is 79.7 Å². The minimum atomic E-state index is -0.955. The monoisotopic (exact) mass is 195 g/mol. The predicted octanol–water partition coefficient (Wildman–Crippen LogP) is -0.859. The lowest BCUT2D eigenvalue weighted by molar-refractivity contribution is -0.146. The number of rotatable bonds is 1. The van der Waals surface area contributed by atoms with Gasteiger partial charge in [-0.25, -0.2) is 0 Å². The maximum atomic E-state index is 11.5. The van der Waals surface area contributed by atoms with Crippen molar-refractivity contribution in [3.05, 3.63) is 12.2 Å². The van der Waals surface area contributed by atoms with Gasteiger partial charge in [-0.2, -0.15) is 0 Å². The van der Waals surface area contributed by atoms with Gasteiger partial charge in [-0.3, -0.25) is 9.59 Å². The Balaban J connectivity index is 2.08. The molecule has 4 atom stereocenters. The molecule has 2 saturated heterocycles. The molecule has 5 heteroatoms. The van der Waals surface area contributed by atoms with Crippen molar-refractivity contribution in [2.24, 2.45) is 11.8 Å². The third-order valence-electron chi connectivity index (χ3n) is 3.27. The molecule has 0 unspecified atom stereocenters. The molecule has 0 aromatic rings. The molecule has 0 saturated carbocycles. The molecule has 2 N–H and O–H groups in total. The van der Waals surface area contributed by atoms with Gasteiger partial charge in [0.15, 0.2) is 0 Å². The third kappa shape index (κ3) is 0.698. The number of carboxylic acids is 1. The van der Waals surface area contributed by atoms with Crippen molar-refractivity contribution in [3.63, 3.8) is 0 Å². The molecular weight excluding hydrogens is 186 g/mol. The summed E-state index contributed by atoms with van der Waals surface area (Å²) in [5.74, 6) is -2.43. The van der Waals surface area contributed by atoms with Crippen LogP contribution in [0.5, 0.6) is 0 Å². The van der Waals surface area contributed by atoms with E-state index in [9.17, 15) is 9.59 Å². The first-order valence-electron chi connectivity index (χ1n) is 4.52. The zero-order valence-electron chi connectivity index (χ0n) is 7.27. The number of nitrogens with one attached hydrogen (secondary N) is 1. The lowest BCUT2D eigenvalue weighted by Gasteiger charge is -2.21. The Bertz CT molecular complexity index is 364. The molecule has 3 rings (SSSR count). The van der Waals surface area contributed by atoms with Crippen molar-refractivity contribution >= 4 is 11.9 Å². The topological polar surface area (TPSA) is 75.6 Å². The van der Waals surface area contributed by atoms with E-state index in [1.165, 1.54) is 0 Å². The van der Waals surface area contributed by atoms with Crippen molar-refractivity contribution in [2.75, 3.05) is 6.54 Å². The minimum absolute atomic E-state index is 0.204. The van der Waals surface area contributed by atoms with E-state index in [0.29, 0.717) is 6.54 Å². The van der Waals surface area contributed by atoms with Gasteiger partial charge in [-0.1, -0.05) is 12.2 Å². The molecule has 14 heavy (non-hydrogen) atoms. The van der Waals surface area contributed by atoms with E-state index in [1.807, 2.05) is 6.08 Å². The van der Waals surface area contributed by atoms with Gasteiger partial charge < -0.3 is 15.2 Å². The van der Waals surface area contributed by atoms with E-state index in [2.05, 4.69) is 5.32 Å². The van der Waals surface area contributed by atoms with Gasteiger partial charge >= 0.3 is 5.97 Å². The maximum Gasteiger partial charge on any atom is 0.310 e. The van der Waals surface area contributed by atoms with Gasteiger partial charge in [-0.05, 0) is 0 Å². The standard InChI is InChI=1S/C9H9NO4/c11-7-6-5(8(12)13)4-1-2-9(6,14-4)3-10-7/h1-2,4-6H,3H2,(H,10,11)(H,12,13)/t4-,5-,6+,9+/m1/s1. The fourth-order valence-corrected chi connectivity index (χ4v) is 2.67. The summed E-state index contributed by atoms with van der Waals surface area (Å²) in [5.41, 5.74) is -0.676.